The maximum absolute atomic E-state index is 10.8. The number of aromatic nitrogens is 2. The minimum Gasteiger partial charge on any atom is -0.410 e. The van der Waals surface area contributed by atoms with Gasteiger partial charge in [-0.1, -0.05) is 42.5 Å². The van der Waals surface area contributed by atoms with Gasteiger partial charge >= 0.3 is 6.09 Å². The highest BCUT2D eigenvalue weighted by Crippen LogP contribution is 2.22. The molecule has 1 aromatic heterocycles. The van der Waals surface area contributed by atoms with E-state index in [1.807, 2.05) is 41.2 Å². The third-order valence-electron chi connectivity index (χ3n) is 3.18. The molecule has 2 aromatic carbocycles. The molecule has 0 aliphatic heterocycles. The van der Waals surface area contributed by atoms with Crippen LogP contribution in [0.5, 0.6) is 5.75 Å². The smallest absolute Gasteiger partial charge is 0.409 e. The summed E-state index contributed by atoms with van der Waals surface area (Å²) in [7, 11) is 0. The minimum absolute atomic E-state index is 0.405. The summed E-state index contributed by atoms with van der Waals surface area (Å²) in [5.41, 5.74) is 7.88. The van der Waals surface area contributed by atoms with Gasteiger partial charge < -0.3 is 10.5 Å². The lowest BCUT2D eigenvalue weighted by Gasteiger charge is -2.03. The van der Waals surface area contributed by atoms with Gasteiger partial charge in [0.25, 0.3) is 0 Å². The minimum atomic E-state index is -0.827. The Bertz CT molecular complexity index is 781. The van der Waals surface area contributed by atoms with Gasteiger partial charge in [0.15, 0.2) is 0 Å². The van der Waals surface area contributed by atoms with Crippen molar-refractivity contribution in [3.05, 3.63) is 72.4 Å². The van der Waals surface area contributed by atoms with E-state index in [-0.39, 0.29) is 0 Å². The quantitative estimate of drug-likeness (QED) is 0.803. The van der Waals surface area contributed by atoms with Gasteiger partial charge in [0.05, 0.1) is 12.2 Å². The van der Waals surface area contributed by atoms with E-state index in [9.17, 15) is 4.79 Å². The van der Waals surface area contributed by atoms with Crippen LogP contribution in [0.25, 0.3) is 11.3 Å². The molecule has 0 fully saturated rings. The van der Waals surface area contributed by atoms with Gasteiger partial charge in [-0.05, 0) is 23.8 Å². The molecule has 2 N–H and O–H groups in total. The number of nitrogens with two attached hydrogens (primary N) is 1. The van der Waals surface area contributed by atoms with E-state index in [4.69, 9.17) is 10.5 Å². The van der Waals surface area contributed by atoms with Gasteiger partial charge in [0.2, 0.25) is 0 Å². The standard InChI is InChI=1S/C17H15N3O2/c18-17(21)22-15-8-4-7-14(11-15)16-9-10-20(19-16)12-13-5-2-1-3-6-13/h1-11H,12H2,(H2,18,21). The van der Waals surface area contributed by atoms with Crippen molar-refractivity contribution < 1.29 is 9.53 Å². The summed E-state index contributed by atoms with van der Waals surface area (Å²) in [6.45, 7) is 0.707. The van der Waals surface area contributed by atoms with Crippen LogP contribution >= 0.6 is 0 Å². The van der Waals surface area contributed by atoms with Crippen LogP contribution in [-0.2, 0) is 6.54 Å². The maximum atomic E-state index is 10.8. The van der Waals surface area contributed by atoms with Crippen LogP contribution in [0.15, 0.2) is 66.9 Å². The summed E-state index contributed by atoms with van der Waals surface area (Å²) in [5, 5.41) is 4.54. The zero-order valence-electron chi connectivity index (χ0n) is 11.8. The second-order valence-electron chi connectivity index (χ2n) is 4.83. The molecule has 0 bridgehead atoms. The Kier molecular flexibility index (Phi) is 3.87. The summed E-state index contributed by atoms with van der Waals surface area (Å²) < 4.78 is 6.75. The van der Waals surface area contributed by atoms with Crippen molar-refractivity contribution in [3.8, 4) is 17.0 Å². The average molecular weight is 293 g/mol. The Morgan fingerprint density at radius 3 is 2.68 bits per heavy atom. The second-order valence-corrected chi connectivity index (χ2v) is 4.83. The lowest BCUT2D eigenvalue weighted by Crippen LogP contribution is -2.16. The highest BCUT2D eigenvalue weighted by molar-refractivity contribution is 5.69. The van der Waals surface area contributed by atoms with Crippen LogP contribution in [0.4, 0.5) is 4.79 Å². The number of carbonyl (C=O) groups is 1. The van der Waals surface area contributed by atoms with Gasteiger partial charge in [0, 0.05) is 11.8 Å². The zero-order chi connectivity index (χ0) is 15.4. The first-order valence-corrected chi connectivity index (χ1v) is 6.86. The molecule has 0 aliphatic carbocycles. The molecule has 5 heteroatoms. The Balaban J connectivity index is 1.80. The van der Waals surface area contributed by atoms with E-state index in [1.165, 1.54) is 5.56 Å². The molecule has 0 aliphatic rings. The van der Waals surface area contributed by atoms with Gasteiger partial charge in [0.1, 0.15) is 5.75 Å². The molecule has 0 saturated carbocycles. The summed E-state index contributed by atoms with van der Waals surface area (Å²) >= 11 is 0. The molecule has 3 rings (SSSR count). The zero-order valence-corrected chi connectivity index (χ0v) is 11.8. The van der Waals surface area contributed by atoms with Crippen molar-refractivity contribution in [1.29, 1.82) is 0 Å². The molecule has 0 spiro atoms. The van der Waals surface area contributed by atoms with E-state index in [1.54, 1.807) is 18.2 Å². The lowest BCUT2D eigenvalue weighted by molar-refractivity contribution is 0.211. The fourth-order valence-electron chi connectivity index (χ4n) is 2.21. The van der Waals surface area contributed by atoms with Crippen LogP contribution in [0.2, 0.25) is 0 Å². The molecule has 110 valence electrons. The van der Waals surface area contributed by atoms with Crippen molar-refractivity contribution in [2.75, 3.05) is 0 Å². The molecule has 0 saturated heterocycles. The fourth-order valence-corrected chi connectivity index (χ4v) is 2.21. The van der Waals surface area contributed by atoms with E-state index >= 15 is 0 Å². The molecule has 0 radical (unpaired) electrons. The van der Waals surface area contributed by atoms with Gasteiger partial charge in [-0.2, -0.15) is 5.10 Å². The number of amides is 1. The van der Waals surface area contributed by atoms with E-state index < -0.39 is 6.09 Å². The molecule has 5 nitrogen and oxygen atoms in total. The first-order chi connectivity index (χ1) is 10.7. The number of hydrogen-bond acceptors (Lipinski definition) is 3. The topological polar surface area (TPSA) is 70.1 Å². The highest BCUT2D eigenvalue weighted by Gasteiger charge is 2.06. The van der Waals surface area contributed by atoms with Gasteiger partial charge in [-0.25, -0.2) is 4.79 Å². The van der Waals surface area contributed by atoms with Crippen LogP contribution in [0.3, 0.4) is 0 Å². The largest absolute Gasteiger partial charge is 0.410 e. The van der Waals surface area contributed by atoms with E-state index in [0.717, 1.165) is 11.3 Å². The van der Waals surface area contributed by atoms with Crippen LogP contribution in [-0.4, -0.2) is 15.9 Å². The van der Waals surface area contributed by atoms with Gasteiger partial charge in [-0.15, -0.1) is 0 Å². The summed E-state index contributed by atoms with van der Waals surface area (Å²) in [4.78, 5) is 10.8. The molecule has 3 aromatic rings. The third-order valence-corrected chi connectivity index (χ3v) is 3.18. The number of ether oxygens (including phenoxy) is 1. The van der Waals surface area contributed by atoms with Crippen molar-refractivity contribution in [1.82, 2.24) is 9.78 Å². The van der Waals surface area contributed by atoms with Crippen LogP contribution in [0.1, 0.15) is 5.56 Å². The molecule has 0 atom stereocenters. The number of carbonyl (C=O) groups excluding carboxylic acids is 1. The summed E-state index contributed by atoms with van der Waals surface area (Å²) in [6.07, 6.45) is 1.09. The Morgan fingerprint density at radius 2 is 1.91 bits per heavy atom. The van der Waals surface area contributed by atoms with Crippen molar-refractivity contribution in [3.63, 3.8) is 0 Å². The molecule has 1 heterocycles. The number of hydrogen-bond donors (Lipinski definition) is 1. The SMILES string of the molecule is NC(=O)Oc1cccc(-c2ccn(Cc3ccccc3)n2)c1. The number of benzene rings is 2. The van der Waals surface area contributed by atoms with Crippen LogP contribution < -0.4 is 10.5 Å². The second kappa shape index (κ2) is 6.13. The Labute approximate surface area is 127 Å². The van der Waals surface area contributed by atoms with E-state index in [0.29, 0.717) is 12.3 Å². The number of primary amides is 1. The summed E-state index contributed by atoms with van der Waals surface area (Å²) in [5.74, 6) is 0.405. The van der Waals surface area contributed by atoms with Crippen LogP contribution in [0, 0.1) is 0 Å². The monoisotopic (exact) mass is 293 g/mol. The molecule has 0 unspecified atom stereocenters. The lowest BCUT2D eigenvalue weighted by atomic mass is 10.1. The Morgan fingerprint density at radius 1 is 1.09 bits per heavy atom. The normalized spacial score (nSPS) is 10.4. The van der Waals surface area contributed by atoms with E-state index in [2.05, 4.69) is 17.2 Å². The number of nitrogens with zero attached hydrogens (tertiary/aromatic N) is 2. The predicted octanol–water partition coefficient (Wildman–Crippen LogP) is 3.06. The van der Waals surface area contributed by atoms with Crippen molar-refractivity contribution >= 4 is 6.09 Å². The predicted molar refractivity (Wildman–Crippen MR) is 83.4 cm³/mol. The highest BCUT2D eigenvalue weighted by atomic mass is 16.5. The molecular weight excluding hydrogens is 278 g/mol. The first kappa shape index (κ1) is 13.9. The molecule has 22 heavy (non-hydrogen) atoms. The maximum Gasteiger partial charge on any atom is 0.409 e. The van der Waals surface area contributed by atoms with Crippen molar-refractivity contribution in [2.45, 2.75) is 6.54 Å². The van der Waals surface area contributed by atoms with Crippen molar-refractivity contribution in [2.24, 2.45) is 5.73 Å². The van der Waals surface area contributed by atoms with Gasteiger partial charge in [-0.3, -0.25) is 4.68 Å². The number of rotatable bonds is 4. The molecular formula is C17H15N3O2. The first-order valence-electron chi connectivity index (χ1n) is 6.86. The fraction of sp³-hybridized carbons (Fsp3) is 0.0588. The Hall–Kier alpha value is -3.08. The summed E-state index contributed by atoms with van der Waals surface area (Å²) in [6, 6.07) is 19.1. The average Bonchev–Trinajstić information content (AvgIpc) is 2.96. The third kappa shape index (κ3) is 3.32. The molecule has 1 amide bonds.